The van der Waals surface area contributed by atoms with E-state index in [-0.39, 0.29) is 5.54 Å². The maximum atomic E-state index is 6.62. The first-order valence-electron chi connectivity index (χ1n) is 7.74. The first-order chi connectivity index (χ1) is 8.48. The van der Waals surface area contributed by atoms with Crippen LogP contribution in [0.3, 0.4) is 0 Å². The van der Waals surface area contributed by atoms with Crippen molar-refractivity contribution >= 4 is 0 Å². The van der Waals surface area contributed by atoms with Crippen LogP contribution < -0.4 is 5.73 Å². The fourth-order valence-electron chi connectivity index (χ4n) is 3.73. The molecule has 0 aromatic rings. The topological polar surface area (TPSA) is 32.5 Å². The van der Waals surface area contributed by atoms with Gasteiger partial charge in [-0.15, -0.1) is 0 Å². The van der Waals surface area contributed by atoms with E-state index in [2.05, 4.69) is 30.6 Å². The van der Waals surface area contributed by atoms with E-state index < -0.39 is 0 Å². The van der Waals surface area contributed by atoms with E-state index >= 15 is 0 Å². The number of piperazine rings is 1. The Morgan fingerprint density at radius 3 is 2.44 bits per heavy atom. The number of rotatable bonds is 3. The van der Waals surface area contributed by atoms with Gasteiger partial charge in [-0.1, -0.05) is 19.8 Å². The quantitative estimate of drug-likeness (QED) is 0.834. The Hall–Kier alpha value is -0.120. The fourth-order valence-corrected chi connectivity index (χ4v) is 3.73. The van der Waals surface area contributed by atoms with E-state index in [0.29, 0.717) is 6.04 Å². The van der Waals surface area contributed by atoms with Gasteiger partial charge in [-0.05, 0) is 32.6 Å². The highest BCUT2D eigenvalue weighted by Crippen LogP contribution is 2.31. The SMILES string of the molecule is CC1CCCC(N)(CN2CCN(C(C)C)CC2)C1. The summed E-state index contributed by atoms with van der Waals surface area (Å²) in [7, 11) is 0. The third kappa shape index (κ3) is 3.69. The summed E-state index contributed by atoms with van der Waals surface area (Å²) < 4.78 is 0. The molecule has 2 unspecified atom stereocenters. The minimum atomic E-state index is 0.0949. The van der Waals surface area contributed by atoms with Gasteiger partial charge in [0.1, 0.15) is 0 Å². The van der Waals surface area contributed by atoms with Crippen LogP contribution in [-0.2, 0) is 0 Å². The van der Waals surface area contributed by atoms with Gasteiger partial charge >= 0.3 is 0 Å². The molecule has 106 valence electrons. The van der Waals surface area contributed by atoms with Crippen LogP contribution in [0.4, 0.5) is 0 Å². The predicted molar refractivity (Wildman–Crippen MR) is 77.7 cm³/mol. The van der Waals surface area contributed by atoms with Crippen molar-refractivity contribution in [2.75, 3.05) is 32.7 Å². The van der Waals surface area contributed by atoms with Crippen LogP contribution in [0, 0.1) is 5.92 Å². The summed E-state index contributed by atoms with van der Waals surface area (Å²) in [6.45, 7) is 12.9. The number of nitrogens with zero attached hydrogens (tertiary/aromatic N) is 2. The molecule has 0 bridgehead atoms. The van der Waals surface area contributed by atoms with Gasteiger partial charge in [0.2, 0.25) is 0 Å². The number of hydrogen-bond acceptors (Lipinski definition) is 3. The summed E-state index contributed by atoms with van der Waals surface area (Å²) in [5.41, 5.74) is 6.71. The van der Waals surface area contributed by atoms with Crippen molar-refractivity contribution in [3.63, 3.8) is 0 Å². The molecule has 1 saturated heterocycles. The molecule has 2 rings (SSSR count). The molecule has 2 atom stereocenters. The molecule has 0 spiro atoms. The van der Waals surface area contributed by atoms with E-state index in [1.807, 2.05) is 0 Å². The normalized spacial score (nSPS) is 36.2. The van der Waals surface area contributed by atoms with Gasteiger partial charge in [-0.3, -0.25) is 9.80 Å². The summed E-state index contributed by atoms with van der Waals surface area (Å²) in [6, 6.07) is 0.689. The fraction of sp³-hybridized carbons (Fsp3) is 1.00. The first kappa shape index (κ1) is 14.3. The Labute approximate surface area is 113 Å². The Kier molecular flexibility index (Phi) is 4.68. The van der Waals surface area contributed by atoms with Crippen LogP contribution in [0.25, 0.3) is 0 Å². The molecular weight excluding hydrogens is 222 g/mol. The third-order valence-electron chi connectivity index (χ3n) is 4.80. The van der Waals surface area contributed by atoms with E-state index in [1.165, 1.54) is 51.9 Å². The number of nitrogens with two attached hydrogens (primary N) is 1. The van der Waals surface area contributed by atoms with Gasteiger partial charge in [-0.2, -0.15) is 0 Å². The van der Waals surface area contributed by atoms with Gasteiger partial charge in [0.15, 0.2) is 0 Å². The van der Waals surface area contributed by atoms with E-state index in [9.17, 15) is 0 Å². The Morgan fingerprint density at radius 2 is 1.89 bits per heavy atom. The minimum absolute atomic E-state index is 0.0949. The van der Waals surface area contributed by atoms with E-state index in [0.717, 1.165) is 12.5 Å². The first-order valence-corrected chi connectivity index (χ1v) is 7.74. The molecule has 3 nitrogen and oxygen atoms in total. The van der Waals surface area contributed by atoms with Crippen molar-refractivity contribution in [2.45, 2.75) is 58.0 Å². The molecular formula is C15H31N3. The van der Waals surface area contributed by atoms with Gasteiger partial charge in [0.25, 0.3) is 0 Å². The third-order valence-corrected chi connectivity index (χ3v) is 4.80. The number of hydrogen-bond donors (Lipinski definition) is 1. The second-order valence-corrected chi connectivity index (χ2v) is 6.97. The standard InChI is InChI=1S/C15H31N3/c1-13(2)18-9-7-17(8-10-18)12-15(16)6-4-5-14(3)11-15/h13-14H,4-12,16H2,1-3H3. The van der Waals surface area contributed by atoms with Crippen LogP contribution >= 0.6 is 0 Å². The zero-order valence-electron chi connectivity index (χ0n) is 12.5. The summed E-state index contributed by atoms with van der Waals surface area (Å²) in [5, 5.41) is 0. The van der Waals surface area contributed by atoms with Crippen LogP contribution in [-0.4, -0.2) is 54.1 Å². The second kappa shape index (κ2) is 5.89. The second-order valence-electron chi connectivity index (χ2n) is 6.97. The van der Waals surface area contributed by atoms with Gasteiger partial charge in [0.05, 0.1) is 0 Å². The molecule has 1 aliphatic heterocycles. The predicted octanol–water partition coefficient (Wildman–Crippen LogP) is 1.92. The maximum Gasteiger partial charge on any atom is 0.0285 e. The monoisotopic (exact) mass is 253 g/mol. The molecule has 1 saturated carbocycles. The molecule has 0 aromatic heterocycles. The van der Waals surface area contributed by atoms with Crippen molar-refractivity contribution in [3.05, 3.63) is 0 Å². The van der Waals surface area contributed by atoms with Crippen LogP contribution in [0.1, 0.15) is 46.5 Å². The average molecular weight is 253 g/mol. The summed E-state index contributed by atoms with van der Waals surface area (Å²) in [6.07, 6.45) is 5.14. The van der Waals surface area contributed by atoms with E-state index in [4.69, 9.17) is 5.73 Å². The summed E-state index contributed by atoms with van der Waals surface area (Å²) in [5.74, 6) is 0.820. The van der Waals surface area contributed by atoms with Crippen LogP contribution in [0.5, 0.6) is 0 Å². The van der Waals surface area contributed by atoms with Crippen molar-refractivity contribution in [3.8, 4) is 0 Å². The highest BCUT2D eigenvalue weighted by atomic mass is 15.3. The maximum absolute atomic E-state index is 6.62. The minimum Gasteiger partial charge on any atom is -0.324 e. The largest absolute Gasteiger partial charge is 0.324 e. The zero-order chi connectivity index (χ0) is 13.2. The highest BCUT2D eigenvalue weighted by molar-refractivity contribution is 4.93. The molecule has 3 heteroatoms. The van der Waals surface area contributed by atoms with Gasteiger partial charge < -0.3 is 5.73 Å². The van der Waals surface area contributed by atoms with Crippen molar-refractivity contribution in [2.24, 2.45) is 11.7 Å². The zero-order valence-corrected chi connectivity index (χ0v) is 12.5. The van der Waals surface area contributed by atoms with Crippen molar-refractivity contribution in [1.29, 1.82) is 0 Å². The highest BCUT2D eigenvalue weighted by Gasteiger charge is 2.33. The lowest BCUT2D eigenvalue weighted by Crippen LogP contribution is -2.57. The average Bonchev–Trinajstić information content (AvgIpc) is 2.28. The van der Waals surface area contributed by atoms with Gasteiger partial charge in [-0.25, -0.2) is 0 Å². The lowest BCUT2D eigenvalue weighted by Gasteiger charge is -2.44. The molecule has 0 aromatic carbocycles. The molecule has 0 amide bonds. The van der Waals surface area contributed by atoms with Crippen LogP contribution in [0.2, 0.25) is 0 Å². The van der Waals surface area contributed by atoms with Crippen molar-refractivity contribution < 1.29 is 0 Å². The molecule has 18 heavy (non-hydrogen) atoms. The lowest BCUT2D eigenvalue weighted by molar-refractivity contribution is 0.0769. The smallest absolute Gasteiger partial charge is 0.0285 e. The lowest BCUT2D eigenvalue weighted by atomic mass is 9.76. The Bertz CT molecular complexity index is 258. The molecule has 2 fully saturated rings. The van der Waals surface area contributed by atoms with Crippen molar-refractivity contribution in [1.82, 2.24) is 9.80 Å². The molecule has 2 N–H and O–H groups in total. The molecule has 2 aliphatic rings. The molecule has 1 aliphatic carbocycles. The Morgan fingerprint density at radius 1 is 1.22 bits per heavy atom. The Balaban J connectivity index is 1.80. The van der Waals surface area contributed by atoms with E-state index in [1.54, 1.807) is 0 Å². The molecule has 0 radical (unpaired) electrons. The summed E-state index contributed by atoms with van der Waals surface area (Å²) in [4.78, 5) is 5.17. The summed E-state index contributed by atoms with van der Waals surface area (Å²) >= 11 is 0. The van der Waals surface area contributed by atoms with Crippen LogP contribution in [0.15, 0.2) is 0 Å². The molecule has 1 heterocycles. The van der Waals surface area contributed by atoms with Gasteiger partial charge in [0, 0.05) is 44.3 Å².